The van der Waals surface area contributed by atoms with Gasteiger partial charge in [0.15, 0.2) is 17.8 Å². The van der Waals surface area contributed by atoms with E-state index in [9.17, 15) is 23.4 Å². The van der Waals surface area contributed by atoms with Crippen LogP contribution in [0, 0.1) is 5.82 Å². The van der Waals surface area contributed by atoms with E-state index in [0.717, 1.165) is 28.8 Å². The van der Waals surface area contributed by atoms with Crippen molar-refractivity contribution in [1.82, 2.24) is 9.58 Å². The average Bonchev–Trinajstić information content (AvgIpc) is 3.33. The van der Waals surface area contributed by atoms with Gasteiger partial charge in [-0.1, -0.05) is 30.3 Å². The second-order valence-electron chi connectivity index (χ2n) is 8.87. The normalized spacial score (nSPS) is 23.6. The van der Waals surface area contributed by atoms with Crippen LogP contribution in [0.15, 0.2) is 59.7 Å². The number of aliphatic imine (C=N–C) groups is 1. The van der Waals surface area contributed by atoms with Crippen molar-refractivity contribution < 1.29 is 32.9 Å². The van der Waals surface area contributed by atoms with Crippen LogP contribution in [0.2, 0.25) is 0 Å². The summed E-state index contributed by atoms with van der Waals surface area (Å²) in [5.74, 6) is -0.948. The minimum Gasteiger partial charge on any atom is -0.430 e. The number of hydrazine groups is 1. The molecule has 4 atom stereocenters. The second-order valence-corrected chi connectivity index (χ2v) is 8.87. The highest BCUT2D eigenvalue weighted by molar-refractivity contribution is 5.77. The molecule has 1 fully saturated rings. The molecule has 3 aromatic rings. The number of hydrogen-bond acceptors (Lipinski definition) is 7. The van der Waals surface area contributed by atoms with Crippen LogP contribution in [0.25, 0.3) is 11.1 Å². The van der Waals surface area contributed by atoms with Gasteiger partial charge in [-0.3, -0.25) is 10.4 Å². The van der Waals surface area contributed by atoms with E-state index < -0.39 is 42.2 Å². The molecule has 11 heteroatoms. The molecule has 36 heavy (non-hydrogen) atoms. The first kappa shape index (κ1) is 24.2. The molecule has 3 heterocycles. The van der Waals surface area contributed by atoms with Gasteiger partial charge in [0.05, 0.1) is 18.3 Å². The molecule has 3 N–H and O–H groups in total. The molecule has 0 aliphatic carbocycles. The Morgan fingerprint density at radius 1 is 1.14 bits per heavy atom. The van der Waals surface area contributed by atoms with Crippen LogP contribution in [0.4, 0.5) is 24.7 Å². The van der Waals surface area contributed by atoms with Crippen LogP contribution in [0.5, 0.6) is 5.75 Å². The van der Waals surface area contributed by atoms with Crippen molar-refractivity contribution >= 4 is 17.8 Å². The molecular weight excluding hydrogens is 477 g/mol. The van der Waals surface area contributed by atoms with E-state index in [1.54, 1.807) is 16.5 Å². The lowest BCUT2D eigenvalue weighted by molar-refractivity contribution is -0.160. The molecule has 190 valence electrons. The van der Waals surface area contributed by atoms with Crippen LogP contribution >= 0.6 is 0 Å². The Morgan fingerprint density at radius 2 is 1.89 bits per heavy atom. The fourth-order valence-electron chi connectivity index (χ4n) is 4.39. The Hall–Kier alpha value is -3.54. The number of aromatic nitrogens is 1. The Morgan fingerprint density at radius 3 is 2.56 bits per heavy atom. The Bertz CT molecular complexity index is 1280. The number of nitrogens with zero attached hydrogens (tertiary/aromatic N) is 3. The molecule has 1 saturated heterocycles. The van der Waals surface area contributed by atoms with Crippen LogP contribution in [0.3, 0.4) is 0 Å². The van der Waals surface area contributed by atoms with Gasteiger partial charge in [-0.2, -0.15) is 8.78 Å². The zero-order valence-electron chi connectivity index (χ0n) is 19.5. The summed E-state index contributed by atoms with van der Waals surface area (Å²) >= 11 is 0. The van der Waals surface area contributed by atoms with E-state index in [4.69, 9.17) is 4.74 Å². The van der Waals surface area contributed by atoms with Crippen molar-refractivity contribution in [3.63, 3.8) is 0 Å². The number of ether oxygens (including phenoxy) is 2. The summed E-state index contributed by atoms with van der Waals surface area (Å²) in [5, 5.41) is 22.4. The minimum absolute atomic E-state index is 0.300. The van der Waals surface area contributed by atoms with E-state index in [-0.39, 0.29) is 0 Å². The largest absolute Gasteiger partial charge is 0.430 e. The Kier molecular flexibility index (Phi) is 6.15. The zero-order chi connectivity index (χ0) is 25.6. The number of fused-ring (bicyclic) bond motifs is 1. The smallest absolute Gasteiger partial charge is 0.395 e. The number of rotatable bonds is 6. The third kappa shape index (κ3) is 4.64. The van der Waals surface area contributed by atoms with Crippen LogP contribution in [0.1, 0.15) is 25.6 Å². The van der Waals surface area contributed by atoms with Crippen molar-refractivity contribution in [1.29, 1.82) is 0 Å². The molecule has 2 aliphatic rings. The number of aliphatic hydroxyl groups excluding tert-OH is 2. The first-order valence-electron chi connectivity index (χ1n) is 11.4. The lowest BCUT2D eigenvalue weighted by atomic mass is 10.0. The SMILES string of the molecule is C[C@H]1O[C@@H](n2cc(-c3ccccc3)c3c2N=CN(Nc2ccc(F)c(OC(C)(F)F)c2)C3)[C@H](O)[C@@H]1O. The van der Waals surface area contributed by atoms with Crippen molar-refractivity contribution in [3.8, 4) is 16.9 Å². The summed E-state index contributed by atoms with van der Waals surface area (Å²) in [6, 6.07) is 13.2. The van der Waals surface area contributed by atoms with Crippen molar-refractivity contribution in [2.45, 2.75) is 51.0 Å². The van der Waals surface area contributed by atoms with Gasteiger partial charge in [0, 0.05) is 30.3 Å². The Labute approximate surface area is 205 Å². The molecule has 0 saturated carbocycles. The number of aliphatic hydroxyl groups is 2. The van der Waals surface area contributed by atoms with E-state index in [2.05, 4.69) is 15.2 Å². The second kappa shape index (κ2) is 9.16. The molecule has 1 aromatic heterocycles. The maximum absolute atomic E-state index is 14.0. The average molecular weight is 502 g/mol. The highest BCUT2D eigenvalue weighted by Crippen LogP contribution is 2.41. The molecule has 0 spiro atoms. The Balaban J connectivity index is 1.47. The zero-order valence-corrected chi connectivity index (χ0v) is 19.5. The number of anilines is 1. The molecule has 0 amide bonds. The summed E-state index contributed by atoms with van der Waals surface area (Å²) in [4.78, 5) is 4.55. The summed E-state index contributed by atoms with van der Waals surface area (Å²) in [6.07, 6.45) is -3.78. The van der Waals surface area contributed by atoms with E-state index in [1.807, 2.05) is 36.5 Å². The highest BCUT2D eigenvalue weighted by Gasteiger charge is 2.43. The lowest BCUT2D eigenvalue weighted by Gasteiger charge is -2.27. The van der Waals surface area contributed by atoms with Gasteiger partial charge in [-0.15, -0.1) is 0 Å². The maximum atomic E-state index is 14.0. The van der Waals surface area contributed by atoms with Gasteiger partial charge in [-0.05, 0) is 24.6 Å². The fraction of sp³-hybridized carbons (Fsp3) is 0.320. The van der Waals surface area contributed by atoms with Gasteiger partial charge in [0.1, 0.15) is 24.4 Å². The van der Waals surface area contributed by atoms with Crippen molar-refractivity contribution in [2.75, 3.05) is 5.43 Å². The van der Waals surface area contributed by atoms with Gasteiger partial charge in [0.25, 0.3) is 0 Å². The number of alkyl halides is 2. The molecule has 0 bridgehead atoms. The van der Waals surface area contributed by atoms with Crippen molar-refractivity contribution in [2.24, 2.45) is 4.99 Å². The van der Waals surface area contributed by atoms with Crippen LogP contribution < -0.4 is 10.2 Å². The molecule has 0 radical (unpaired) electrons. The molecular formula is C25H25F3N4O4. The first-order chi connectivity index (χ1) is 17.1. The quantitative estimate of drug-likeness (QED) is 0.462. The summed E-state index contributed by atoms with van der Waals surface area (Å²) < 4.78 is 52.5. The first-order valence-corrected chi connectivity index (χ1v) is 11.4. The van der Waals surface area contributed by atoms with Crippen molar-refractivity contribution in [3.05, 3.63) is 66.1 Å². The van der Waals surface area contributed by atoms with Crippen LogP contribution in [-0.2, 0) is 11.3 Å². The summed E-state index contributed by atoms with van der Waals surface area (Å²) in [5.41, 5.74) is 5.89. The predicted octanol–water partition coefficient (Wildman–Crippen LogP) is 4.43. The molecule has 0 unspecified atom stereocenters. The molecule has 2 aliphatic heterocycles. The van der Waals surface area contributed by atoms with E-state index >= 15 is 0 Å². The third-order valence-electron chi connectivity index (χ3n) is 6.08. The lowest BCUT2D eigenvalue weighted by Crippen LogP contribution is -2.31. The summed E-state index contributed by atoms with van der Waals surface area (Å²) in [6.45, 7) is 2.52. The minimum atomic E-state index is -3.54. The van der Waals surface area contributed by atoms with E-state index in [0.29, 0.717) is 25.0 Å². The fourth-order valence-corrected chi connectivity index (χ4v) is 4.39. The number of benzene rings is 2. The topological polar surface area (TPSA) is 91.5 Å². The van der Waals surface area contributed by atoms with Gasteiger partial charge >= 0.3 is 6.11 Å². The molecule has 8 nitrogen and oxygen atoms in total. The standard InChI is InChI=1S/C25H25F3N4O4/c1-14-21(33)22(34)24(35-14)32-12-17(15-6-4-3-5-7-15)18-11-31(13-29-23(18)32)30-16-8-9-19(26)20(10-16)36-25(2,27)28/h3-10,12-14,21-22,24,30,33-34H,11H2,1-2H3/t14-,21-,22-,24-/m1/s1. The van der Waals surface area contributed by atoms with Crippen LogP contribution in [-0.4, -0.2) is 50.5 Å². The number of halogens is 3. The third-order valence-corrected chi connectivity index (χ3v) is 6.08. The van der Waals surface area contributed by atoms with E-state index in [1.165, 1.54) is 12.4 Å². The highest BCUT2D eigenvalue weighted by atomic mass is 19.3. The van der Waals surface area contributed by atoms with Gasteiger partial charge < -0.3 is 24.3 Å². The molecule has 5 rings (SSSR count). The predicted molar refractivity (Wildman–Crippen MR) is 126 cm³/mol. The monoisotopic (exact) mass is 502 g/mol. The number of nitrogens with one attached hydrogen (secondary N) is 1. The maximum Gasteiger partial charge on any atom is 0.395 e. The molecule has 2 aromatic carbocycles. The van der Waals surface area contributed by atoms with Gasteiger partial charge in [0.2, 0.25) is 0 Å². The number of hydrogen-bond donors (Lipinski definition) is 3. The van der Waals surface area contributed by atoms with Gasteiger partial charge in [-0.25, -0.2) is 9.38 Å². The summed E-state index contributed by atoms with van der Waals surface area (Å²) in [7, 11) is 0.